The van der Waals surface area contributed by atoms with Gasteiger partial charge in [-0.2, -0.15) is 0 Å². The number of nitrogens with zero attached hydrogens (tertiary/aromatic N) is 1. The molecule has 3 rings (SSSR count). The third-order valence-corrected chi connectivity index (χ3v) is 3.60. The molecule has 0 atom stereocenters. The van der Waals surface area contributed by atoms with Gasteiger partial charge >= 0.3 is 0 Å². The van der Waals surface area contributed by atoms with Gasteiger partial charge in [-0.3, -0.25) is 9.78 Å². The first-order valence-electron chi connectivity index (χ1n) is 7.88. The Bertz CT molecular complexity index is 833. The van der Waals surface area contributed by atoms with Gasteiger partial charge in [0.1, 0.15) is 12.4 Å². The molecule has 3 aromatic rings. The maximum atomic E-state index is 12.3. The van der Waals surface area contributed by atoms with Crippen molar-refractivity contribution >= 4 is 11.6 Å². The van der Waals surface area contributed by atoms with E-state index in [0.29, 0.717) is 23.6 Å². The summed E-state index contributed by atoms with van der Waals surface area (Å²) in [5.74, 6) is 0.454. The molecule has 5 heteroatoms. The molecule has 0 aliphatic heterocycles. The zero-order valence-corrected chi connectivity index (χ0v) is 13.6. The number of anilines is 1. The quantitative estimate of drug-likeness (QED) is 0.725. The number of aliphatic hydroxyl groups excluding tert-OH is 1. The lowest BCUT2D eigenvalue weighted by Gasteiger charge is -2.08. The monoisotopic (exact) mass is 334 g/mol. The maximum Gasteiger partial charge on any atom is 0.255 e. The molecular formula is C20H18N2O3. The third-order valence-electron chi connectivity index (χ3n) is 3.60. The number of rotatable bonds is 6. The molecule has 0 aliphatic carbocycles. The SMILES string of the molecule is O=C(Nc1cccc(CO)c1)c1ccc(OCc2ccccn2)cc1. The molecule has 0 spiro atoms. The van der Waals surface area contributed by atoms with Gasteiger partial charge in [0.15, 0.2) is 0 Å². The Hall–Kier alpha value is -3.18. The molecule has 126 valence electrons. The standard InChI is InChI=1S/C20H18N2O3/c23-13-15-4-3-6-17(12-15)22-20(24)16-7-9-19(10-8-16)25-14-18-5-1-2-11-21-18/h1-12,23H,13-14H2,(H,22,24). The summed E-state index contributed by atoms with van der Waals surface area (Å²) in [7, 11) is 0. The van der Waals surface area contributed by atoms with Crippen LogP contribution in [0, 0.1) is 0 Å². The molecule has 0 radical (unpaired) electrons. The number of nitrogens with one attached hydrogen (secondary N) is 1. The van der Waals surface area contributed by atoms with Gasteiger partial charge in [0.2, 0.25) is 0 Å². The van der Waals surface area contributed by atoms with E-state index in [1.807, 2.05) is 18.2 Å². The fraction of sp³-hybridized carbons (Fsp3) is 0.100. The summed E-state index contributed by atoms with van der Waals surface area (Å²) in [4.78, 5) is 16.5. The van der Waals surface area contributed by atoms with Crippen molar-refractivity contribution in [1.29, 1.82) is 0 Å². The van der Waals surface area contributed by atoms with Crippen molar-refractivity contribution in [3.8, 4) is 5.75 Å². The van der Waals surface area contributed by atoms with Gasteiger partial charge in [-0.05, 0) is 54.1 Å². The average molecular weight is 334 g/mol. The lowest BCUT2D eigenvalue weighted by atomic mass is 10.1. The Morgan fingerprint density at radius 2 is 1.88 bits per heavy atom. The van der Waals surface area contributed by atoms with E-state index < -0.39 is 0 Å². The second kappa shape index (κ2) is 8.08. The minimum absolute atomic E-state index is 0.0635. The van der Waals surface area contributed by atoms with Crippen molar-refractivity contribution in [2.45, 2.75) is 13.2 Å². The van der Waals surface area contributed by atoms with E-state index in [0.717, 1.165) is 11.3 Å². The Labute approximate surface area is 145 Å². The molecule has 1 heterocycles. The normalized spacial score (nSPS) is 10.3. The number of carbonyl (C=O) groups excluding carboxylic acids is 1. The van der Waals surface area contributed by atoms with Crippen LogP contribution >= 0.6 is 0 Å². The molecule has 25 heavy (non-hydrogen) atoms. The third kappa shape index (κ3) is 4.65. The van der Waals surface area contributed by atoms with Crippen LogP contribution in [-0.4, -0.2) is 16.0 Å². The van der Waals surface area contributed by atoms with Gasteiger partial charge in [0.25, 0.3) is 5.91 Å². The van der Waals surface area contributed by atoms with Crippen molar-refractivity contribution in [1.82, 2.24) is 4.98 Å². The number of carbonyl (C=O) groups is 1. The minimum Gasteiger partial charge on any atom is -0.487 e. The van der Waals surface area contributed by atoms with E-state index in [-0.39, 0.29) is 12.5 Å². The van der Waals surface area contributed by atoms with E-state index in [1.165, 1.54) is 0 Å². The largest absolute Gasteiger partial charge is 0.487 e. The number of pyridine rings is 1. The van der Waals surface area contributed by atoms with Crippen LogP contribution in [0.3, 0.4) is 0 Å². The van der Waals surface area contributed by atoms with Crippen molar-refractivity contribution < 1.29 is 14.6 Å². The van der Waals surface area contributed by atoms with E-state index in [1.54, 1.807) is 54.7 Å². The Kier molecular flexibility index (Phi) is 5.39. The highest BCUT2D eigenvalue weighted by atomic mass is 16.5. The van der Waals surface area contributed by atoms with Crippen LogP contribution in [-0.2, 0) is 13.2 Å². The number of benzene rings is 2. The summed E-state index contributed by atoms with van der Waals surface area (Å²) in [6, 6.07) is 19.7. The first-order chi connectivity index (χ1) is 12.2. The van der Waals surface area contributed by atoms with Gasteiger partial charge in [-0.1, -0.05) is 18.2 Å². The lowest BCUT2D eigenvalue weighted by Crippen LogP contribution is -2.12. The van der Waals surface area contributed by atoms with E-state index in [9.17, 15) is 4.79 Å². The van der Waals surface area contributed by atoms with E-state index in [4.69, 9.17) is 9.84 Å². The summed E-state index contributed by atoms with van der Waals surface area (Å²) in [6.45, 7) is 0.312. The zero-order valence-electron chi connectivity index (χ0n) is 13.6. The van der Waals surface area contributed by atoms with Gasteiger partial charge in [-0.15, -0.1) is 0 Å². The van der Waals surface area contributed by atoms with Crippen LogP contribution in [0.1, 0.15) is 21.6 Å². The van der Waals surface area contributed by atoms with E-state index >= 15 is 0 Å². The fourth-order valence-corrected chi connectivity index (χ4v) is 2.29. The van der Waals surface area contributed by atoms with Crippen molar-refractivity contribution in [2.75, 3.05) is 5.32 Å². The van der Waals surface area contributed by atoms with Gasteiger partial charge < -0.3 is 15.2 Å². The zero-order chi connectivity index (χ0) is 17.5. The van der Waals surface area contributed by atoms with Gasteiger partial charge in [0, 0.05) is 17.4 Å². The molecule has 1 amide bonds. The van der Waals surface area contributed by atoms with Crippen LogP contribution in [0.25, 0.3) is 0 Å². The van der Waals surface area contributed by atoms with Crippen molar-refractivity contribution in [3.05, 3.63) is 89.7 Å². The summed E-state index contributed by atoms with van der Waals surface area (Å²) in [6.07, 6.45) is 1.72. The highest BCUT2D eigenvalue weighted by molar-refractivity contribution is 6.04. The Morgan fingerprint density at radius 1 is 1.04 bits per heavy atom. The summed E-state index contributed by atoms with van der Waals surface area (Å²) in [5.41, 5.74) is 2.76. The van der Waals surface area contributed by atoms with Crippen LogP contribution in [0.15, 0.2) is 72.9 Å². The van der Waals surface area contributed by atoms with Crippen LogP contribution in [0.5, 0.6) is 5.75 Å². The first-order valence-corrected chi connectivity index (χ1v) is 7.88. The number of amides is 1. The summed E-state index contributed by atoms with van der Waals surface area (Å²) >= 11 is 0. The maximum absolute atomic E-state index is 12.3. The van der Waals surface area contributed by atoms with Gasteiger partial charge in [-0.25, -0.2) is 0 Å². The summed E-state index contributed by atoms with van der Waals surface area (Å²) < 4.78 is 5.65. The molecule has 0 saturated heterocycles. The van der Waals surface area contributed by atoms with Crippen LogP contribution in [0.2, 0.25) is 0 Å². The Balaban J connectivity index is 1.60. The molecule has 0 aliphatic rings. The topological polar surface area (TPSA) is 71.5 Å². The molecule has 5 nitrogen and oxygen atoms in total. The second-order valence-corrected chi connectivity index (χ2v) is 5.45. The number of aliphatic hydroxyl groups is 1. The molecule has 1 aromatic heterocycles. The van der Waals surface area contributed by atoms with Crippen LogP contribution < -0.4 is 10.1 Å². The minimum atomic E-state index is -0.216. The van der Waals surface area contributed by atoms with Gasteiger partial charge in [0.05, 0.1) is 12.3 Å². The summed E-state index contributed by atoms with van der Waals surface area (Å²) in [5, 5.41) is 12.0. The van der Waals surface area contributed by atoms with Crippen molar-refractivity contribution in [3.63, 3.8) is 0 Å². The van der Waals surface area contributed by atoms with Crippen molar-refractivity contribution in [2.24, 2.45) is 0 Å². The van der Waals surface area contributed by atoms with Crippen LogP contribution in [0.4, 0.5) is 5.69 Å². The second-order valence-electron chi connectivity index (χ2n) is 5.45. The molecule has 0 unspecified atom stereocenters. The number of ether oxygens (including phenoxy) is 1. The highest BCUT2D eigenvalue weighted by Crippen LogP contribution is 2.16. The molecular weight excluding hydrogens is 316 g/mol. The average Bonchev–Trinajstić information content (AvgIpc) is 2.67. The predicted molar refractivity (Wildman–Crippen MR) is 95.3 cm³/mol. The van der Waals surface area contributed by atoms with E-state index in [2.05, 4.69) is 10.3 Å². The highest BCUT2D eigenvalue weighted by Gasteiger charge is 2.07. The lowest BCUT2D eigenvalue weighted by molar-refractivity contribution is 0.102. The number of aromatic nitrogens is 1. The smallest absolute Gasteiger partial charge is 0.255 e. The predicted octanol–water partition coefficient (Wildman–Crippen LogP) is 3.41. The molecule has 0 saturated carbocycles. The molecule has 0 fully saturated rings. The molecule has 0 bridgehead atoms. The Morgan fingerprint density at radius 3 is 2.60 bits per heavy atom. The molecule has 2 N–H and O–H groups in total. The molecule has 2 aromatic carbocycles. The number of hydrogen-bond acceptors (Lipinski definition) is 4. The number of hydrogen-bond donors (Lipinski definition) is 2. The fourth-order valence-electron chi connectivity index (χ4n) is 2.29. The first kappa shape index (κ1) is 16.7.